The Kier molecular flexibility index (Phi) is 7.50. The average molecular weight is 366 g/mol. The molecule has 1 aromatic rings. The molecule has 1 heterocycles. The molecular formula is C15H19ClF3N3O2. The molecule has 3 N–H and O–H groups in total. The minimum Gasteiger partial charge on any atom is -0.343 e. The number of carbonyl (C=O) groups excluding carboxylic acids is 2. The van der Waals surface area contributed by atoms with Crippen molar-refractivity contribution in [3.8, 4) is 0 Å². The first-order chi connectivity index (χ1) is 10.8. The Labute approximate surface area is 143 Å². The molecular weight excluding hydrogens is 347 g/mol. The molecule has 5 nitrogen and oxygen atoms in total. The predicted octanol–water partition coefficient (Wildman–Crippen LogP) is 2.34. The van der Waals surface area contributed by atoms with Gasteiger partial charge in [-0.2, -0.15) is 13.2 Å². The number of hydrogen-bond acceptors (Lipinski definition) is 3. The van der Waals surface area contributed by atoms with Crippen molar-refractivity contribution in [2.75, 3.05) is 25.0 Å². The van der Waals surface area contributed by atoms with Crippen LogP contribution in [0.5, 0.6) is 0 Å². The van der Waals surface area contributed by atoms with Gasteiger partial charge in [-0.15, -0.1) is 12.4 Å². The summed E-state index contributed by atoms with van der Waals surface area (Å²) in [6.07, 6.45) is -2.91. The number of piperidine rings is 1. The standard InChI is InChI=1S/C15H18F3N3O2.ClH/c16-15(17,18)9-20-13(22)10-1-3-12(4-2-10)21-14(23)11-5-7-19-8-6-11;/h1-4,11,19H,5-9H2,(H,20,22)(H,21,23);1H. The number of carbonyl (C=O) groups is 2. The average Bonchev–Trinajstić information content (AvgIpc) is 2.53. The molecule has 0 spiro atoms. The van der Waals surface area contributed by atoms with E-state index in [-0.39, 0.29) is 29.8 Å². The van der Waals surface area contributed by atoms with Gasteiger partial charge < -0.3 is 16.0 Å². The van der Waals surface area contributed by atoms with Crippen LogP contribution in [0.15, 0.2) is 24.3 Å². The number of halogens is 4. The Morgan fingerprint density at radius 3 is 2.25 bits per heavy atom. The summed E-state index contributed by atoms with van der Waals surface area (Å²) in [5.74, 6) is -0.939. The highest BCUT2D eigenvalue weighted by Gasteiger charge is 2.28. The van der Waals surface area contributed by atoms with Crippen molar-refractivity contribution >= 4 is 29.9 Å². The third-order valence-corrected chi connectivity index (χ3v) is 3.57. The SMILES string of the molecule is Cl.O=C(NCC(F)(F)F)c1ccc(NC(=O)C2CCNCC2)cc1. The van der Waals surface area contributed by atoms with Crippen molar-refractivity contribution in [3.63, 3.8) is 0 Å². The molecule has 0 aromatic heterocycles. The van der Waals surface area contributed by atoms with E-state index in [0.717, 1.165) is 25.9 Å². The van der Waals surface area contributed by atoms with Gasteiger partial charge in [0.25, 0.3) is 5.91 Å². The first-order valence-electron chi connectivity index (χ1n) is 7.32. The third kappa shape index (κ3) is 6.37. The van der Waals surface area contributed by atoms with Gasteiger partial charge in [0.1, 0.15) is 6.54 Å². The number of benzene rings is 1. The van der Waals surface area contributed by atoms with Crippen LogP contribution in [-0.2, 0) is 4.79 Å². The Morgan fingerprint density at radius 1 is 1.12 bits per heavy atom. The molecule has 0 aliphatic carbocycles. The summed E-state index contributed by atoms with van der Waals surface area (Å²) in [7, 11) is 0. The summed E-state index contributed by atoms with van der Waals surface area (Å²) in [5, 5.41) is 7.72. The monoisotopic (exact) mass is 365 g/mol. The quantitative estimate of drug-likeness (QED) is 0.767. The van der Waals surface area contributed by atoms with E-state index in [9.17, 15) is 22.8 Å². The third-order valence-electron chi connectivity index (χ3n) is 3.57. The number of hydrogen-bond donors (Lipinski definition) is 3. The number of nitrogens with one attached hydrogen (secondary N) is 3. The number of anilines is 1. The Bertz CT molecular complexity index is 558. The first-order valence-corrected chi connectivity index (χ1v) is 7.32. The van der Waals surface area contributed by atoms with E-state index < -0.39 is 18.6 Å². The molecule has 24 heavy (non-hydrogen) atoms. The smallest absolute Gasteiger partial charge is 0.343 e. The van der Waals surface area contributed by atoms with Gasteiger partial charge in [-0.05, 0) is 50.2 Å². The highest BCUT2D eigenvalue weighted by atomic mass is 35.5. The maximum absolute atomic E-state index is 12.1. The van der Waals surface area contributed by atoms with Crippen molar-refractivity contribution in [2.24, 2.45) is 5.92 Å². The normalized spacial score (nSPS) is 15.3. The highest BCUT2D eigenvalue weighted by molar-refractivity contribution is 5.96. The summed E-state index contributed by atoms with van der Waals surface area (Å²) >= 11 is 0. The molecule has 1 aliphatic rings. The molecule has 2 amide bonds. The highest BCUT2D eigenvalue weighted by Crippen LogP contribution is 2.17. The lowest BCUT2D eigenvalue weighted by Gasteiger charge is -2.21. The topological polar surface area (TPSA) is 70.2 Å². The van der Waals surface area contributed by atoms with Crippen LogP contribution in [0.4, 0.5) is 18.9 Å². The van der Waals surface area contributed by atoms with E-state index in [0.29, 0.717) is 5.69 Å². The molecule has 1 saturated heterocycles. The largest absolute Gasteiger partial charge is 0.405 e. The van der Waals surface area contributed by atoms with Gasteiger partial charge in [0.05, 0.1) is 0 Å². The van der Waals surface area contributed by atoms with E-state index in [1.165, 1.54) is 24.3 Å². The van der Waals surface area contributed by atoms with Crippen LogP contribution in [0.3, 0.4) is 0 Å². The molecule has 134 valence electrons. The molecule has 0 radical (unpaired) electrons. The van der Waals surface area contributed by atoms with Gasteiger partial charge in [-0.3, -0.25) is 9.59 Å². The van der Waals surface area contributed by atoms with Gasteiger partial charge >= 0.3 is 6.18 Å². The minimum absolute atomic E-state index is 0. The van der Waals surface area contributed by atoms with Crippen molar-refractivity contribution in [1.29, 1.82) is 0 Å². The maximum atomic E-state index is 12.1. The Balaban J connectivity index is 0.00000288. The maximum Gasteiger partial charge on any atom is 0.405 e. The molecule has 0 atom stereocenters. The van der Waals surface area contributed by atoms with E-state index >= 15 is 0 Å². The fourth-order valence-electron chi connectivity index (χ4n) is 2.32. The van der Waals surface area contributed by atoms with Crippen LogP contribution in [-0.4, -0.2) is 37.6 Å². The van der Waals surface area contributed by atoms with E-state index in [1.54, 1.807) is 5.32 Å². The van der Waals surface area contributed by atoms with Crippen LogP contribution in [0, 0.1) is 5.92 Å². The summed E-state index contributed by atoms with van der Waals surface area (Å²) < 4.78 is 36.1. The van der Waals surface area contributed by atoms with Crippen molar-refractivity contribution < 1.29 is 22.8 Å². The fourth-order valence-corrected chi connectivity index (χ4v) is 2.32. The second kappa shape index (κ2) is 8.89. The van der Waals surface area contributed by atoms with E-state index in [4.69, 9.17) is 0 Å². The number of amides is 2. The van der Waals surface area contributed by atoms with Gasteiger partial charge in [0.2, 0.25) is 5.91 Å². The van der Waals surface area contributed by atoms with Crippen molar-refractivity contribution in [1.82, 2.24) is 10.6 Å². The number of rotatable bonds is 4. The van der Waals surface area contributed by atoms with E-state index in [1.807, 2.05) is 0 Å². The second-order valence-corrected chi connectivity index (χ2v) is 5.39. The lowest BCUT2D eigenvalue weighted by molar-refractivity contribution is -0.123. The summed E-state index contributed by atoms with van der Waals surface area (Å²) in [5.41, 5.74) is 0.620. The lowest BCUT2D eigenvalue weighted by atomic mass is 9.97. The summed E-state index contributed by atoms with van der Waals surface area (Å²) in [6, 6.07) is 5.76. The zero-order chi connectivity index (χ0) is 16.9. The summed E-state index contributed by atoms with van der Waals surface area (Å²) in [6.45, 7) is 0.229. The Morgan fingerprint density at radius 2 is 1.71 bits per heavy atom. The molecule has 0 bridgehead atoms. The zero-order valence-corrected chi connectivity index (χ0v) is 13.6. The minimum atomic E-state index is -4.45. The number of alkyl halides is 3. The summed E-state index contributed by atoms with van der Waals surface area (Å²) in [4.78, 5) is 23.6. The molecule has 1 aromatic carbocycles. The van der Waals surface area contributed by atoms with Gasteiger partial charge in [0, 0.05) is 17.2 Å². The fraction of sp³-hybridized carbons (Fsp3) is 0.467. The van der Waals surface area contributed by atoms with E-state index in [2.05, 4.69) is 10.6 Å². The van der Waals surface area contributed by atoms with Gasteiger partial charge in [0.15, 0.2) is 0 Å². The van der Waals surface area contributed by atoms with Crippen LogP contribution in [0.1, 0.15) is 23.2 Å². The predicted molar refractivity (Wildman–Crippen MR) is 86.3 cm³/mol. The molecule has 2 rings (SSSR count). The van der Waals surface area contributed by atoms with Crippen LogP contribution >= 0.6 is 12.4 Å². The lowest BCUT2D eigenvalue weighted by Crippen LogP contribution is -2.34. The zero-order valence-electron chi connectivity index (χ0n) is 12.8. The van der Waals surface area contributed by atoms with Crippen molar-refractivity contribution in [3.05, 3.63) is 29.8 Å². The molecule has 9 heteroatoms. The molecule has 1 aliphatic heterocycles. The molecule has 1 fully saturated rings. The van der Waals surface area contributed by atoms with Crippen molar-refractivity contribution in [2.45, 2.75) is 19.0 Å². The molecule has 0 saturated carbocycles. The molecule has 0 unspecified atom stereocenters. The van der Waals surface area contributed by atoms with Gasteiger partial charge in [-0.1, -0.05) is 0 Å². The first kappa shape index (κ1) is 20.2. The van der Waals surface area contributed by atoms with Gasteiger partial charge in [-0.25, -0.2) is 0 Å². The van der Waals surface area contributed by atoms with Crippen LogP contribution in [0.25, 0.3) is 0 Å². The second-order valence-electron chi connectivity index (χ2n) is 5.39. The Hall–Kier alpha value is -1.80. The van der Waals surface area contributed by atoms with Crippen LogP contribution < -0.4 is 16.0 Å². The van der Waals surface area contributed by atoms with Crippen LogP contribution in [0.2, 0.25) is 0 Å².